The zero-order valence-corrected chi connectivity index (χ0v) is 18.1. The molecule has 40 heavy (non-hydrogen) atoms. The standard InChI is InChI=1S/C16H5F11N6O7/c17-10-28-7-8(29-11(32(24)25)31(23)9(7)34)30(10)15(21)14(20,40-27)12(18,39-26)13(19,38-15)16(22,33(35)36)37-6-4-2-1-3-5-6/h1-5H/t12-,13+,14-,15+,16?/m1/s1. The van der Waals surface area contributed by atoms with Crippen molar-refractivity contribution in [2.45, 2.75) is 29.5 Å². The van der Waals surface area contributed by atoms with E-state index in [2.05, 4.69) is 29.3 Å². The Hall–Kier alpha value is -4.32. The first-order valence-electron chi connectivity index (χ1n) is 9.61. The zero-order valence-electron chi connectivity index (χ0n) is 18.1. The Balaban J connectivity index is 2.08. The van der Waals surface area contributed by atoms with E-state index in [0.29, 0.717) is 12.1 Å². The molecular formula is C16H5F11N6O7. The van der Waals surface area contributed by atoms with Crippen molar-refractivity contribution >= 4 is 17.1 Å². The second-order valence-corrected chi connectivity index (χ2v) is 7.46. The molecule has 1 aromatic carbocycles. The molecule has 24 heteroatoms. The molecule has 4 rings (SSSR count). The van der Waals surface area contributed by atoms with Crippen LogP contribution < -0.4 is 15.6 Å². The van der Waals surface area contributed by atoms with Crippen LogP contribution in [0.3, 0.4) is 0 Å². The fourth-order valence-electron chi connectivity index (χ4n) is 3.55. The summed E-state index contributed by atoms with van der Waals surface area (Å²) in [5, 5.41) is 9.13. The number of benzene rings is 1. The molecule has 2 aromatic heterocycles. The maximum atomic E-state index is 16.1. The van der Waals surface area contributed by atoms with Crippen LogP contribution in [0.5, 0.6) is 5.75 Å². The van der Waals surface area contributed by atoms with E-state index in [1.807, 2.05) is 0 Å². The Morgan fingerprint density at radius 2 is 1.62 bits per heavy atom. The van der Waals surface area contributed by atoms with Gasteiger partial charge in [0.1, 0.15) is 10.7 Å². The maximum absolute atomic E-state index is 16.1. The molecule has 0 bridgehead atoms. The number of aromatic nitrogens is 4. The second kappa shape index (κ2) is 8.85. The van der Waals surface area contributed by atoms with E-state index in [9.17, 15) is 41.8 Å². The highest BCUT2D eigenvalue weighted by molar-refractivity contribution is 5.71. The van der Waals surface area contributed by atoms with Crippen molar-refractivity contribution in [3.05, 3.63) is 56.9 Å². The van der Waals surface area contributed by atoms with Crippen LogP contribution in [0.1, 0.15) is 0 Å². The van der Waals surface area contributed by atoms with E-state index in [1.165, 1.54) is 0 Å². The number of hydrogen-bond donors (Lipinski definition) is 0. The van der Waals surface area contributed by atoms with Gasteiger partial charge in [-0.05, 0) is 21.2 Å². The quantitative estimate of drug-likeness (QED) is 0.0718. The minimum Gasteiger partial charge on any atom is -0.397 e. The summed E-state index contributed by atoms with van der Waals surface area (Å²) in [4.78, 5) is 28.5. The third-order valence-electron chi connectivity index (χ3n) is 5.35. The van der Waals surface area contributed by atoms with E-state index in [-0.39, 0.29) is 0 Å². The Morgan fingerprint density at radius 3 is 2.12 bits per heavy atom. The number of imidazole rings is 1. The first kappa shape index (κ1) is 28.7. The number of nitro groups is 1. The Morgan fingerprint density at radius 1 is 1.05 bits per heavy atom. The third kappa shape index (κ3) is 3.28. The van der Waals surface area contributed by atoms with Crippen molar-refractivity contribution in [2.24, 2.45) is 0 Å². The van der Waals surface area contributed by atoms with Gasteiger partial charge in [0.05, 0.1) is 0 Å². The number of ether oxygens (including phenoxy) is 2. The molecule has 1 unspecified atom stereocenters. The molecule has 218 valence electrons. The first-order chi connectivity index (χ1) is 18.5. The fraction of sp³-hybridized carbons (Fsp3) is 0.312. The largest absolute Gasteiger partial charge is 0.586 e. The lowest BCUT2D eigenvalue weighted by molar-refractivity contribution is -0.705. The van der Waals surface area contributed by atoms with Gasteiger partial charge >= 0.3 is 41.0 Å². The summed E-state index contributed by atoms with van der Waals surface area (Å²) in [5.74, 6) is -35.0. The smallest absolute Gasteiger partial charge is 0.397 e. The molecule has 0 N–H and O–H groups in total. The van der Waals surface area contributed by atoms with Crippen molar-refractivity contribution in [1.29, 1.82) is 0 Å². The van der Waals surface area contributed by atoms with Gasteiger partial charge < -0.3 is 4.74 Å². The second-order valence-electron chi connectivity index (χ2n) is 7.46. The van der Waals surface area contributed by atoms with Crippen LogP contribution in [-0.2, 0) is 20.6 Å². The van der Waals surface area contributed by atoms with Crippen LogP contribution in [0, 0.1) is 16.2 Å². The molecule has 13 nitrogen and oxygen atoms in total. The van der Waals surface area contributed by atoms with Crippen molar-refractivity contribution in [2.75, 3.05) is 5.34 Å². The number of fused-ring (bicyclic) bond motifs is 1. The molecule has 0 amide bonds. The predicted molar refractivity (Wildman–Crippen MR) is 96.9 cm³/mol. The molecule has 1 fully saturated rings. The van der Waals surface area contributed by atoms with Crippen LogP contribution >= 0.6 is 0 Å². The molecule has 0 spiro atoms. The topological polar surface area (TPSA) is 136 Å². The van der Waals surface area contributed by atoms with Crippen molar-refractivity contribution in [3.63, 3.8) is 0 Å². The van der Waals surface area contributed by atoms with Crippen LogP contribution in [0.25, 0.3) is 11.2 Å². The summed E-state index contributed by atoms with van der Waals surface area (Å²) in [6.07, 6.45) is -2.87. The lowest BCUT2D eigenvalue weighted by Gasteiger charge is -2.33. The number of halogens is 11. The van der Waals surface area contributed by atoms with Crippen molar-refractivity contribution < 1.29 is 73.1 Å². The van der Waals surface area contributed by atoms with Gasteiger partial charge in [-0.3, -0.25) is 19.6 Å². The molecule has 1 aliphatic heterocycles. The molecule has 0 aliphatic carbocycles. The average Bonchev–Trinajstić information content (AvgIpc) is 3.31. The summed E-state index contributed by atoms with van der Waals surface area (Å²) < 4.78 is 166. The molecule has 1 saturated heterocycles. The van der Waals surface area contributed by atoms with E-state index < -0.39 is 83.6 Å². The fourth-order valence-corrected chi connectivity index (χ4v) is 3.55. The van der Waals surface area contributed by atoms with Gasteiger partial charge in [-0.25, -0.2) is 4.57 Å². The van der Waals surface area contributed by atoms with E-state index >= 15 is 22.0 Å². The molecular weight excluding hydrogens is 597 g/mol. The molecule has 5 atom stereocenters. The summed E-state index contributed by atoms with van der Waals surface area (Å²) >= 11 is 0. The molecule has 0 radical (unpaired) electrons. The van der Waals surface area contributed by atoms with Gasteiger partial charge in [0.2, 0.25) is 0 Å². The highest BCUT2D eigenvalue weighted by Gasteiger charge is 3.01. The number of alkyl halides is 5. The van der Waals surface area contributed by atoms with Gasteiger partial charge in [0, 0.05) is 5.34 Å². The van der Waals surface area contributed by atoms with E-state index in [0.717, 1.165) is 18.2 Å². The minimum atomic E-state index is -6.52. The monoisotopic (exact) mass is 602 g/mol. The van der Waals surface area contributed by atoms with Crippen molar-refractivity contribution in [3.8, 4) is 5.75 Å². The van der Waals surface area contributed by atoms with Crippen LogP contribution in [0.2, 0.25) is 0 Å². The van der Waals surface area contributed by atoms with Gasteiger partial charge in [-0.15, -0.1) is 14.3 Å². The van der Waals surface area contributed by atoms with Gasteiger partial charge in [0.25, 0.3) is 6.08 Å². The normalized spacial score (nSPS) is 29.9. The third-order valence-corrected chi connectivity index (χ3v) is 5.35. The predicted octanol–water partition coefficient (Wildman–Crippen LogP) is 3.43. The number of nitrogens with zero attached hydrogens (tertiary/aromatic N) is 6. The van der Waals surface area contributed by atoms with Crippen LogP contribution in [-0.4, -0.2) is 47.8 Å². The highest BCUT2D eigenvalue weighted by atomic mass is 19.4. The van der Waals surface area contributed by atoms with Gasteiger partial charge in [0.15, 0.2) is 11.2 Å². The molecule has 3 aromatic rings. The van der Waals surface area contributed by atoms with E-state index in [1.54, 1.807) is 0 Å². The zero-order chi connectivity index (χ0) is 30.1. The Labute approximate surface area is 208 Å². The molecule has 1 aliphatic rings. The molecule has 0 saturated carbocycles. The summed E-state index contributed by atoms with van der Waals surface area (Å²) in [5.41, 5.74) is -6.59. The summed E-state index contributed by atoms with van der Waals surface area (Å²) in [6.45, 7) is 0. The summed E-state index contributed by atoms with van der Waals surface area (Å²) in [7, 11) is 0. The van der Waals surface area contributed by atoms with Crippen LogP contribution in [0.4, 0.5) is 54.8 Å². The lowest BCUT2D eigenvalue weighted by Crippen LogP contribution is -2.70. The number of para-hydroxylation sites is 1. The maximum Gasteiger partial charge on any atom is 0.586 e. The van der Waals surface area contributed by atoms with Gasteiger partial charge in [-0.2, -0.15) is 31.9 Å². The average molecular weight is 602 g/mol. The number of anilines is 1. The van der Waals surface area contributed by atoms with Crippen molar-refractivity contribution in [1.82, 2.24) is 19.3 Å². The molecule has 3 heterocycles. The number of rotatable bonds is 8. The highest BCUT2D eigenvalue weighted by Crippen LogP contribution is 2.66. The Kier molecular flexibility index (Phi) is 6.34. The van der Waals surface area contributed by atoms with Crippen LogP contribution in [0.15, 0.2) is 35.1 Å². The summed E-state index contributed by atoms with van der Waals surface area (Å²) in [6, 6.07) is 4.15. The van der Waals surface area contributed by atoms with E-state index in [4.69, 9.17) is 0 Å². The number of hydrogen-bond acceptors (Lipinski definition) is 10. The SMILES string of the molecule is O=c1c2nc(F)n([C@]3(F)O[C@](F)(C(F)(Oc4ccccc4)[N+](=O)[O-])[C@@](F)(OF)[C@@]3(F)OF)c2nc(N(F)F)n1F. The first-order valence-corrected chi connectivity index (χ1v) is 9.61. The minimum absolute atomic E-state index is 0.583. The van der Waals surface area contributed by atoms with Gasteiger partial charge in [-0.1, -0.05) is 36.4 Å². The Bertz CT molecular complexity index is 1550. The lowest BCUT2D eigenvalue weighted by atomic mass is 9.99.